The summed E-state index contributed by atoms with van der Waals surface area (Å²) in [7, 11) is 3.74. The molecule has 0 aromatic heterocycles. The van der Waals surface area contributed by atoms with Crippen LogP contribution in [0.5, 0.6) is 0 Å². The zero-order valence-corrected chi connectivity index (χ0v) is 13.3. The zero-order chi connectivity index (χ0) is 14.2. The molecular formula is C16H30N2O. The molecule has 1 saturated carbocycles. The highest BCUT2D eigenvalue weighted by Gasteiger charge is 2.45. The number of nitrogens with zero attached hydrogens (tertiary/aromatic N) is 2. The fourth-order valence-corrected chi connectivity index (χ4v) is 3.24. The molecule has 2 atom stereocenters. The van der Waals surface area contributed by atoms with Gasteiger partial charge in [0.2, 0.25) is 5.91 Å². The summed E-state index contributed by atoms with van der Waals surface area (Å²) in [6, 6.07) is 0. The third-order valence-electron chi connectivity index (χ3n) is 5.57. The van der Waals surface area contributed by atoms with Gasteiger partial charge in [-0.25, -0.2) is 0 Å². The number of carbonyl (C=O) groups is 1. The summed E-state index contributed by atoms with van der Waals surface area (Å²) < 4.78 is 0. The highest BCUT2D eigenvalue weighted by Crippen LogP contribution is 2.42. The first-order chi connectivity index (χ1) is 8.83. The van der Waals surface area contributed by atoms with Crippen LogP contribution in [0.4, 0.5) is 0 Å². The maximum absolute atomic E-state index is 11.9. The van der Waals surface area contributed by atoms with Gasteiger partial charge in [-0.1, -0.05) is 20.8 Å². The van der Waals surface area contributed by atoms with Gasteiger partial charge in [0.1, 0.15) is 0 Å². The third-order valence-corrected chi connectivity index (χ3v) is 5.57. The molecule has 2 fully saturated rings. The minimum Gasteiger partial charge on any atom is -0.349 e. The fraction of sp³-hybridized carbons (Fsp3) is 0.938. The lowest BCUT2D eigenvalue weighted by Crippen LogP contribution is -2.42. The normalized spacial score (nSPS) is 30.4. The monoisotopic (exact) mass is 266 g/mol. The molecule has 0 N–H and O–H groups in total. The lowest BCUT2D eigenvalue weighted by atomic mass is 9.72. The summed E-state index contributed by atoms with van der Waals surface area (Å²) in [4.78, 5) is 16.2. The molecule has 2 unspecified atom stereocenters. The van der Waals surface area contributed by atoms with Crippen molar-refractivity contribution in [2.24, 2.45) is 23.2 Å². The SMILES string of the molecule is CC(C)C1(C)CCN(CC2CC2C(=O)N(C)C)CC1. The lowest BCUT2D eigenvalue weighted by molar-refractivity contribution is -0.130. The molecule has 1 amide bonds. The molecule has 0 aromatic rings. The average molecular weight is 266 g/mol. The standard InChI is InChI=1S/C16H30N2O/c1-12(2)16(3)6-8-18(9-7-16)11-13-10-14(13)15(19)17(4)5/h12-14H,6-11H2,1-5H3. The number of hydrogen-bond donors (Lipinski definition) is 0. The molecule has 0 bridgehead atoms. The van der Waals surface area contributed by atoms with Crippen LogP contribution in [0.15, 0.2) is 0 Å². The van der Waals surface area contributed by atoms with E-state index in [1.807, 2.05) is 14.1 Å². The maximum atomic E-state index is 11.9. The molecule has 0 spiro atoms. The summed E-state index contributed by atoms with van der Waals surface area (Å²) >= 11 is 0. The van der Waals surface area contributed by atoms with E-state index in [0.717, 1.165) is 18.9 Å². The number of carbonyl (C=O) groups excluding carboxylic acids is 1. The van der Waals surface area contributed by atoms with E-state index in [2.05, 4.69) is 25.7 Å². The first-order valence-electron chi connectivity index (χ1n) is 7.77. The Hall–Kier alpha value is -0.570. The van der Waals surface area contributed by atoms with Crippen LogP contribution in [0.1, 0.15) is 40.0 Å². The van der Waals surface area contributed by atoms with Gasteiger partial charge in [-0.2, -0.15) is 0 Å². The van der Waals surface area contributed by atoms with Crippen molar-refractivity contribution in [3.63, 3.8) is 0 Å². The van der Waals surface area contributed by atoms with Crippen LogP contribution in [0.2, 0.25) is 0 Å². The molecule has 1 heterocycles. The Morgan fingerprint density at radius 1 is 1.32 bits per heavy atom. The molecule has 3 heteroatoms. The molecule has 1 saturated heterocycles. The minimum atomic E-state index is 0.313. The van der Waals surface area contributed by atoms with E-state index in [1.165, 1.54) is 25.9 Å². The van der Waals surface area contributed by atoms with Crippen molar-refractivity contribution in [3.05, 3.63) is 0 Å². The number of piperidine rings is 1. The van der Waals surface area contributed by atoms with E-state index in [0.29, 0.717) is 23.2 Å². The molecule has 2 aliphatic rings. The van der Waals surface area contributed by atoms with Gasteiger partial charge < -0.3 is 9.80 Å². The van der Waals surface area contributed by atoms with E-state index >= 15 is 0 Å². The number of amides is 1. The largest absolute Gasteiger partial charge is 0.349 e. The summed E-state index contributed by atoms with van der Waals surface area (Å²) in [6.45, 7) is 10.7. The first-order valence-corrected chi connectivity index (χ1v) is 7.77. The van der Waals surface area contributed by atoms with Gasteiger partial charge in [-0.05, 0) is 49.6 Å². The Morgan fingerprint density at radius 3 is 2.37 bits per heavy atom. The number of hydrogen-bond acceptors (Lipinski definition) is 2. The van der Waals surface area contributed by atoms with Crippen LogP contribution in [0, 0.1) is 23.2 Å². The first kappa shape index (κ1) is 14.8. The summed E-state index contributed by atoms with van der Waals surface area (Å²) in [5.41, 5.74) is 0.527. The van der Waals surface area contributed by atoms with Crippen LogP contribution in [0.25, 0.3) is 0 Å². The number of rotatable bonds is 4. The van der Waals surface area contributed by atoms with Gasteiger partial charge in [0, 0.05) is 26.6 Å². The van der Waals surface area contributed by atoms with Crippen LogP contribution >= 0.6 is 0 Å². The van der Waals surface area contributed by atoms with Crippen molar-refractivity contribution in [3.8, 4) is 0 Å². The van der Waals surface area contributed by atoms with Crippen molar-refractivity contribution in [2.45, 2.75) is 40.0 Å². The van der Waals surface area contributed by atoms with E-state index in [1.54, 1.807) is 4.90 Å². The van der Waals surface area contributed by atoms with Crippen LogP contribution < -0.4 is 0 Å². The summed E-state index contributed by atoms with van der Waals surface area (Å²) in [5.74, 6) is 2.04. The smallest absolute Gasteiger partial charge is 0.225 e. The van der Waals surface area contributed by atoms with Crippen molar-refractivity contribution >= 4 is 5.91 Å². The van der Waals surface area contributed by atoms with E-state index in [4.69, 9.17) is 0 Å². The highest BCUT2D eigenvalue weighted by atomic mass is 16.2. The average Bonchev–Trinajstić information content (AvgIpc) is 3.10. The molecule has 0 radical (unpaired) electrons. The molecule has 110 valence electrons. The van der Waals surface area contributed by atoms with E-state index in [9.17, 15) is 4.79 Å². The van der Waals surface area contributed by atoms with Gasteiger partial charge in [0.25, 0.3) is 0 Å². The van der Waals surface area contributed by atoms with Crippen molar-refractivity contribution in [1.82, 2.24) is 9.80 Å². The Morgan fingerprint density at radius 2 is 1.89 bits per heavy atom. The van der Waals surface area contributed by atoms with Crippen molar-refractivity contribution < 1.29 is 4.79 Å². The second kappa shape index (κ2) is 5.43. The molecule has 0 aromatic carbocycles. The fourth-order valence-electron chi connectivity index (χ4n) is 3.24. The zero-order valence-electron chi connectivity index (χ0n) is 13.3. The van der Waals surface area contributed by atoms with Gasteiger partial charge in [-0.15, -0.1) is 0 Å². The van der Waals surface area contributed by atoms with Gasteiger partial charge in [-0.3, -0.25) is 4.79 Å². The molecule has 2 rings (SSSR count). The van der Waals surface area contributed by atoms with Gasteiger partial charge in [0.15, 0.2) is 0 Å². The van der Waals surface area contributed by atoms with Gasteiger partial charge >= 0.3 is 0 Å². The third kappa shape index (κ3) is 3.31. The lowest BCUT2D eigenvalue weighted by Gasteiger charge is -2.42. The van der Waals surface area contributed by atoms with Crippen LogP contribution in [0.3, 0.4) is 0 Å². The van der Waals surface area contributed by atoms with Gasteiger partial charge in [0.05, 0.1) is 0 Å². The second-order valence-corrected chi connectivity index (χ2v) is 7.44. The van der Waals surface area contributed by atoms with Crippen LogP contribution in [-0.2, 0) is 4.79 Å². The molecule has 1 aliphatic heterocycles. The quantitative estimate of drug-likeness (QED) is 0.780. The highest BCUT2D eigenvalue weighted by molar-refractivity contribution is 5.81. The van der Waals surface area contributed by atoms with Crippen molar-refractivity contribution in [2.75, 3.05) is 33.7 Å². The van der Waals surface area contributed by atoms with E-state index < -0.39 is 0 Å². The molecule has 3 nitrogen and oxygen atoms in total. The summed E-state index contributed by atoms with van der Waals surface area (Å²) in [6.07, 6.45) is 3.72. The van der Waals surface area contributed by atoms with Crippen molar-refractivity contribution in [1.29, 1.82) is 0 Å². The Labute approximate surface area is 118 Å². The maximum Gasteiger partial charge on any atom is 0.225 e. The Bertz CT molecular complexity index is 330. The van der Waals surface area contributed by atoms with E-state index in [-0.39, 0.29) is 0 Å². The number of likely N-dealkylation sites (tertiary alicyclic amines) is 1. The Kier molecular flexibility index (Phi) is 4.24. The topological polar surface area (TPSA) is 23.6 Å². The Balaban J connectivity index is 1.75. The molecule has 19 heavy (non-hydrogen) atoms. The molecular weight excluding hydrogens is 236 g/mol. The second-order valence-electron chi connectivity index (χ2n) is 7.44. The molecule has 1 aliphatic carbocycles. The predicted octanol–water partition coefficient (Wildman–Crippen LogP) is 2.47. The minimum absolute atomic E-state index is 0.313. The predicted molar refractivity (Wildman–Crippen MR) is 78.9 cm³/mol. The van der Waals surface area contributed by atoms with Crippen LogP contribution in [-0.4, -0.2) is 49.4 Å². The summed E-state index contributed by atoms with van der Waals surface area (Å²) in [5, 5.41) is 0.